The third-order valence-corrected chi connectivity index (χ3v) is 4.46. The number of ether oxygens (including phenoxy) is 1. The van der Waals surface area contributed by atoms with Gasteiger partial charge in [-0.1, -0.05) is 13.8 Å². The Balaban J connectivity index is 0.00000117. The molecule has 0 atom stereocenters. The van der Waals surface area contributed by atoms with Gasteiger partial charge in [0, 0.05) is 32.2 Å². The summed E-state index contributed by atoms with van der Waals surface area (Å²) in [6.45, 7) is 13.7. The van der Waals surface area contributed by atoms with E-state index in [1.54, 1.807) is 20.1 Å². The van der Waals surface area contributed by atoms with Crippen LogP contribution >= 0.6 is 0 Å². The van der Waals surface area contributed by atoms with Crippen LogP contribution in [-0.4, -0.2) is 54.4 Å². The molecule has 3 rings (SSSR count). The molecule has 0 aliphatic carbocycles. The average molecular weight is 364 g/mol. The minimum Gasteiger partial charge on any atom is -0.496 e. The predicted octanol–water partition coefficient (Wildman–Crippen LogP) is 3.75. The van der Waals surface area contributed by atoms with E-state index in [1.165, 1.54) is 6.07 Å². The largest absolute Gasteiger partial charge is 0.496 e. The second kappa shape index (κ2) is 8.98. The van der Waals surface area contributed by atoms with Crippen molar-refractivity contribution in [3.05, 3.63) is 23.5 Å². The summed E-state index contributed by atoms with van der Waals surface area (Å²) < 4.78 is 24.8. The minimum absolute atomic E-state index is 0.173. The molecule has 1 fully saturated rings. The van der Waals surface area contributed by atoms with Crippen LogP contribution in [0.5, 0.6) is 5.75 Å². The number of methoxy groups -OCH3 is 1. The van der Waals surface area contributed by atoms with Crippen molar-refractivity contribution in [1.82, 2.24) is 15.0 Å². The molecule has 0 radical (unpaired) electrons. The maximum Gasteiger partial charge on any atom is 0.266 e. The highest BCUT2D eigenvalue weighted by Crippen LogP contribution is 2.30. The van der Waals surface area contributed by atoms with E-state index in [1.807, 2.05) is 13.8 Å². The summed E-state index contributed by atoms with van der Waals surface area (Å²) >= 11 is 0. The molecule has 26 heavy (non-hydrogen) atoms. The van der Waals surface area contributed by atoms with Crippen LogP contribution in [0.3, 0.4) is 0 Å². The Labute approximate surface area is 154 Å². The van der Waals surface area contributed by atoms with Crippen molar-refractivity contribution in [3.63, 3.8) is 0 Å². The van der Waals surface area contributed by atoms with Crippen molar-refractivity contribution < 1.29 is 13.7 Å². The van der Waals surface area contributed by atoms with Gasteiger partial charge in [-0.15, -0.1) is 0 Å². The van der Waals surface area contributed by atoms with E-state index in [0.717, 1.165) is 31.7 Å². The summed E-state index contributed by atoms with van der Waals surface area (Å²) in [4.78, 5) is 8.84. The first-order chi connectivity index (χ1) is 12.5. The SMILES string of the molecule is CC.COc1cc(-c2nc(N3CCN(C(C)C)CC3)no2)c(F)cc1C. The minimum atomic E-state index is -0.395. The van der Waals surface area contributed by atoms with Crippen molar-refractivity contribution in [3.8, 4) is 17.2 Å². The standard InChI is InChI=1S/C17H23FN4O2.C2H6/c1-11(2)21-5-7-22(8-6-21)17-19-16(24-20-17)13-10-15(23-4)12(3)9-14(13)18;1-2/h9-11H,5-8H2,1-4H3;1-2H3. The van der Waals surface area contributed by atoms with Crippen molar-refractivity contribution in [1.29, 1.82) is 0 Å². The van der Waals surface area contributed by atoms with Crippen molar-refractivity contribution in [2.45, 2.75) is 40.7 Å². The number of hydrogen-bond acceptors (Lipinski definition) is 6. The lowest BCUT2D eigenvalue weighted by atomic mass is 10.1. The Hall–Kier alpha value is -2.15. The quantitative estimate of drug-likeness (QED) is 0.824. The number of rotatable bonds is 4. The van der Waals surface area contributed by atoms with Crippen LogP contribution in [0.15, 0.2) is 16.7 Å². The topological polar surface area (TPSA) is 54.6 Å². The Morgan fingerprint density at radius 2 is 1.81 bits per heavy atom. The summed E-state index contributed by atoms with van der Waals surface area (Å²) in [7, 11) is 1.55. The molecule has 1 saturated heterocycles. The molecule has 2 aromatic rings. The van der Waals surface area contributed by atoms with Gasteiger partial charge in [0.15, 0.2) is 0 Å². The highest BCUT2D eigenvalue weighted by molar-refractivity contribution is 5.60. The zero-order valence-electron chi connectivity index (χ0n) is 16.5. The van der Waals surface area contributed by atoms with Gasteiger partial charge in [-0.05, 0) is 43.6 Å². The zero-order chi connectivity index (χ0) is 19.3. The number of hydrogen-bond donors (Lipinski definition) is 0. The first-order valence-corrected chi connectivity index (χ1v) is 9.16. The molecule has 144 valence electrons. The van der Waals surface area contributed by atoms with Crippen LogP contribution in [0.25, 0.3) is 11.5 Å². The van der Waals surface area contributed by atoms with Crippen LogP contribution in [0.2, 0.25) is 0 Å². The molecule has 0 spiro atoms. The van der Waals surface area contributed by atoms with E-state index in [-0.39, 0.29) is 11.5 Å². The van der Waals surface area contributed by atoms with Crippen LogP contribution in [-0.2, 0) is 0 Å². The van der Waals surface area contributed by atoms with E-state index in [4.69, 9.17) is 9.26 Å². The van der Waals surface area contributed by atoms with E-state index < -0.39 is 5.82 Å². The number of nitrogens with zero attached hydrogens (tertiary/aromatic N) is 4. The maximum absolute atomic E-state index is 14.2. The van der Waals surface area contributed by atoms with E-state index >= 15 is 0 Å². The van der Waals surface area contributed by atoms with Gasteiger partial charge in [0.25, 0.3) is 11.8 Å². The lowest BCUT2D eigenvalue weighted by molar-refractivity contribution is 0.208. The lowest BCUT2D eigenvalue weighted by Gasteiger charge is -2.36. The fourth-order valence-corrected chi connectivity index (χ4v) is 2.93. The van der Waals surface area contributed by atoms with Gasteiger partial charge in [-0.2, -0.15) is 4.98 Å². The summed E-state index contributed by atoms with van der Waals surface area (Å²) in [6, 6.07) is 3.54. The predicted molar refractivity (Wildman–Crippen MR) is 101 cm³/mol. The molecule has 1 aromatic heterocycles. The zero-order valence-corrected chi connectivity index (χ0v) is 16.5. The highest BCUT2D eigenvalue weighted by atomic mass is 19.1. The first kappa shape index (κ1) is 20.2. The number of anilines is 1. The van der Waals surface area contributed by atoms with E-state index in [0.29, 0.717) is 17.7 Å². The summed E-state index contributed by atoms with van der Waals surface area (Å²) in [5.41, 5.74) is 0.986. The van der Waals surface area contributed by atoms with Gasteiger partial charge in [-0.3, -0.25) is 4.90 Å². The Morgan fingerprint density at radius 3 is 2.38 bits per heavy atom. The van der Waals surface area contributed by atoms with Crippen LogP contribution in [0, 0.1) is 12.7 Å². The van der Waals surface area contributed by atoms with Crippen LogP contribution < -0.4 is 9.64 Å². The highest BCUT2D eigenvalue weighted by Gasteiger charge is 2.23. The van der Waals surface area contributed by atoms with Crippen molar-refractivity contribution in [2.75, 3.05) is 38.2 Å². The molecule has 1 aliphatic heterocycles. The van der Waals surface area contributed by atoms with Crippen LogP contribution in [0.1, 0.15) is 33.3 Å². The monoisotopic (exact) mass is 364 g/mol. The molecule has 0 amide bonds. The lowest BCUT2D eigenvalue weighted by Crippen LogP contribution is -2.49. The molecule has 7 heteroatoms. The van der Waals surface area contributed by atoms with Gasteiger partial charge in [0.05, 0.1) is 12.7 Å². The second-order valence-corrected chi connectivity index (χ2v) is 6.32. The first-order valence-electron chi connectivity index (χ1n) is 9.16. The summed E-state index contributed by atoms with van der Waals surface area (Å²) in [5, 5.41) is 4.02. The van der Waals surface area contributed by atoms with Gasteiger partial charge in [0.2, 0.25) is 0 Å². The van der Waals surface area contributed by atoms with Gasteiger partial charge in [-0.25, -0.2) is 4.39 Å². The third kappa shape index (κ3) is 4.33. The van der Waals surface area contributed by atoms with Gasteiger partial charge >= 0.3 is 0 Å². The molecule has 0 N–H and O–H groups in total. The average Bonchev–Trinajstić information content (AvgIpc) is 3.13. The molecule has 1 aliphatic rings. The second-order valence-electron chi connectivity index (χ2n) is 6.32. The molecule has 0 unspecified atom stereocenters. The van der Waals surface area contributed by atoms with Gasteiger partial charge in [0.1, 0.15) is 11.6 Å². The summed E-state index contributed by atoms with van der Waals surface area (Å²) in [6.07, 6.45) is 0. The maximum atomic E-state index is 14.2. The molecule has 6 nitrogen and oxygen atoms in total. The molecular weight excluding hydrogens is 335 g/mol. The third-order valence-electron chi connectivity index (χ3n) is 4.46. The normalized spacial score (nSPS) is 15.0. The van der Waals surface area contributed by atoms with E-state index in [2.05, 4.69) is 33.8 Å². The molecule has 1 aromatic carbocycles. The van der Waals surface area contributed by atoms with Crippen molar-refractivity contribution >= 4 is 5.95 Å². The number of halogens is 1. The number of piperazine rings is 1. The Kier molecular flexibility index (Phi) is 6.97. The molecule has 0 saturated carbocycles. The number of benzene rings is 1. The van der Waals surface area contributed by atoms with Crippen molar-refractivity contribution in [2.24, 2.45) is 0 Å². The summed E-state index contributed by atoms with van der Waals surface area (Å²) in [5.74, 6) is 0.879. The number of aromatic nitrogens is 2. The number of aryl methyl sites for hydroxylation is 1. The Morgan fingerprint density at radius 1 is 1.15 bits per heavy atom. The fraction of sp³-hybridized carbons (Fsp3) is 0.579. The van der Waals surface area contributed by atoms with Gasteiger partial charge < -0.3 is 14.2 Å². The Bertz CT molecular complexity index is 710. The molecule has 2 heterocycles. The fourth-order valence-electron chi connectivity index (χ4n) is 2.93. The van der Waals surface area contributed by atoms with Crippen LogP contribution in [0.4, 0.5) is 10.3 Å². The molecule has 0 bridgehead atoms. The smallest absolute Gasteiger partial charge is 0.266 e. The van der Waals surface area contributed by atoms with E-state index in [9.17, 15) is 4.39 Å². The molecular formula is C19H29FN4O2.